The molecule has 4 rings (SSSR count). The van der Waals surface area contributed by atoms with Crippen molar-refractivity contribution in [2.24, 2.45) is 0 Å². The van der Waals surface area contributed by atoms with Crippen LogP contribution in [0.4, 0.5) is 0 Å². The Morgan fingerprint density at radius 3 is 2.58 bits per heavy atom. The molecule has 0 aliphatic carbocycles. The molecular weight excluding hydrogens is 298 g/mol. The summed E-state index contributed by atoms with van der Waals surface area (Å²) in [6.45, 7) is 0.659. The van der Waals surface area contributed by atoms with E-state index in [1.54, 1.807) is 12.4 Å². The van der Waals surface area contributed by atoms with Crippen molar-refractivity contribution in [2.75, 3.05) is 0 Å². The molecule has 1 amide bonds. The first-order valence-electron chi connectivity index (χ1n) is 8.20. The lowest BCUT2D eigenvalue weighted by atomic mass is 9.89. The molecule has 120 valence electrons. The molecule has 0 bridgehead atoms. The van der Waals surface area contributed by atoms with Crippen molar-refractivity contribution in [3.8, 4) is 0 Å². The maximum absolute atomic E-state index is 12.9. The van der Waals surface area contributed by atoms with Crippen molar-refractivity contribution >= 4 is 5.91 Å². The van der Waals surface area contributed by atoms with Gasteiger partial charge in [0, 0.05) is 12.7 Å². The smallest absolute Gasteiger partial charge is 0.227 e. The van der Waals surface area contributed by atoms with E-state index in [1.807, 2.05) is 29.2 Å². The van der Waals surface area contributed by atoms with Gasteiger partial charge < -0.3 is 4.90 Å². The second-order valence-electron chi connectivity index (χ2n) is 6.20. The molecule has 0 radical (unpaired) electrons. The van der Waals surface area contributed by atoms with Crippen LogP contribution in [0.5, 0.6) is 0 Å². The Morgan fingerprint density at radius 1 is 1.08 bits per heavy atom. The van der Waals surface area contributed by atoms with Gasteiger partial charge in [-0.1, -0.05) is 54.6 Å². The van der Waals surface area contributed by atoms with Gasteiger partial charge in [0.25, 0.3) is 0 Å². The van der Waals surface area contributed by atoms with Crippen LogP contribution in [0.25, 0.3) is 0 Å². The number of carbonyl (C=O) groups excluding carboxylic acids is 1. The summed E-state index contributed by atoms with van der Waals surface area (Å²) in [5, 5.41) is 6.71. The van der Waals surface area contributed by atoms with Crippen molar-refractivity contribution in [1.82, 2.24) is 15.1 Å². The SMILES string of the molecule is O=C(Cc1cn[nH]c1)N1Cc2ccccc2CC1c1ccccc1. The summed E-state index contributed by atoms with van der Waals surface area (Å²) >= 11 is 0. The minimum absolute atomic E-state index is 0.0838. The summed E-state index contributed by atoms with van der Waals surface area (Å²) < 4.78 is 0. The van der Waals surface area contributed by atoms with Gasteiger partial charge in [-0.2, -0.15) is 5.10 Å². The molecule has 2 aromatic carbocycles. The van der Waals surface area contributed by atoms with Gasteiger partial charge in [0.2, 0.25) is 5.91 Å². The van der Waals surface area contributed by atoms with E-state index >= 15 is 0 Å². The van der Waals surface area contributed by atoms with Crippen LogP contribution in [0.2, 0.25) is 0 Å². The average Bonchev–Trinajstić information content (AvgIpc) is 3.14. The van der Waals surface area contributed by atoms with Crippen molar-refractivity contribution in [1.29, 1.82) is 0 Å². The third-order valence-electron chi connectivity index (χ3n) is 4.66. The lowest BCUT2D eigenvalue weighted by Crippen LogP contribution is -2.39. The van der Waals surface area contributed by atoms with E-state index in [0.29, 0.717) is 13.0 Å². The molecule has 1 aliphatic rings. The zero-order chi connectivity index (χ0) is 16.4. The highest BCUT2D eigenvalue weighted by molar-refractivity contribution is 5.79. The minimum Gasteiger partial charge on any atom is -0.331 e. The number of H-pyrrole nitrogens is 1. The van der Waals surface area contributed by atoms with Gasteiger partial charge in [-0.05, 0) is 28.7 Å². The first kappa shape index (κ1) is 14.7. The summed E-state index contributed by atoms with van der Waals surface area (Å²) in [5.41, 5.74) is 4.68. The van der Waals surface area contributed by atoms with Crippen LogP contribution >= 0.6 is 0 Å². The second-order valence-corrected chi connectivity index (χ2v) is 6.20. The normalized spacial score (nSPS) is 16.7. The Labute approximate surface area is 141 Å². The molecule has 1 unspecified atom stereocenters. The number of hydrogen-bond donors (Lipinski definition) is 1. The molecule has 3 aromatic rings. The first-order valence-corrected chi connectivity index (χ1v) is 8.20. The van der Waals surface area contributed by atoms with E-state index in [2.05, 4.69) is 40.5 Å². The number of carbonyl (C=O) groups is 1. The summed E-state index contributed by atoms with van der Waals surface area (Å²) in [7, 11) is 0. The van der Waals surface area contributed by atoms with Crippen molar-refractivity contribution < 1.29 is 4.79 Å². The summed E-state index contributed by atoms with van der Waals surface area (Å²) in [5.74, 6) is 0.139. The van der Waals surface area contributed by atoms with Gasteiger partial charge >= 0.3 is 0 Å². The molecule has 0 spiro atoms. The first-order chi connectivity index (χ1) is 11.8. The topological polar surface area (TPSA) is 49.0 Å². The van der Waals surface area contributed by atoms with Crippen LogP contribution in [0.15, 0.2) is 67.0 Å². The van der Waals surface area contributed by atoms with E-state index in [9.17, 15) is 4.79 Å². The molecule has 0 saturated heterocycles. The van der Waals surface area contributed by atoms with E-state index in [4.69, 9.17) is 0 Å². The van der Waals surface area contributed by atoms with Crippen LogP contribution in [-0.4, -0.2) is 21.0 Å². The maximum Gasteiger partial charge on any atom is 0.227 e. The number of rotatable bonds is 3. The monoisotopic (exact) mass is 317 g/mol. The zero-order valence-corrected chi connectivity index (χ0v) is 13.4. The fourth-order valence-electron chi connectivity index (χ4n) is 3.41. The zero-order valence-electron chi connectivity index (χ0n) is 13.4. The fourth-order valence-corrected chi connectivity index (χ4v) is 3.41. The van der Waals surface area contributed by atoms with Crippen LogP contribution < -0.4 is 0 Å². The van der Waals surface area contributed by atoms with E-state index in [0.717, 1.165) is 12.0 Å². The molecular formula is C20H19N3O. The summed E-state index contributed by atoms with van der Waals surface area (Å²) in [6, 6.07) is 18.8. The van der Waals surface area contributed by atoms with Gasteiger partial charge in [0.05, 0.1) is 18.7 Å². The second kappa shape index (κ2) is 6.32. The predicted molar refractivity (Wildman–Crippen MR) is 92.2 cm³/mol. The number of hydrogen-bond acceptors (Lipinski definition) is 2. The molecule has 24 heavy (non-hydrogen) atoms. The van der Waals surface area contributed by atoms with E-state index < -0.39 is 0 Å². The largest absolute Gasteiger partial charge is 0.331 e. The van der Waals surface area contributed by atoms with Crippen LogP contribution in [-0.2, 0) is 24.2 Å². The Bertz CT molecular complexity index is 827. The molecule has 1 aromatic heterocycles. The molecule has 0 saturated carbocycles. The van der Waals surface area contributed by atoms with Gasteiger partial charge in [0.1, 0.15) is 0 Å². The Kier molecular flexibility index (Phi) is 3.87. The minimum atomic E-state index is 0.0838. The van der Waals surface area contributed by atoms with Crippen LogP contribution in [0.1, 0.15) is 28.3 Å². The molecule has 4 nitrogen and oxygen atoms in total. The summed E-state index contributed by atoms with van der Waals surface area (Å²) in [4.78, 5) is 14.9. The van der Waals surface area contributed by atoms with Crippen molar-refractivity contribution in [3.05, 3.63) is 89.2 Å². The van der Waals surface area contributed by atoms with Crippen molar-refractivity contribution in [2.45, 2.75) is 25.4 Å². The summed E-state index contributed by atoms with van der Waals surface area (Å²) in [6.07, 6.45) is 4.74. The van der Waals surface area contributed by atoms with Gasteiger partial charge in [0.15, 0.2) is 0 Å². The Balaban J connectivity index is 1.67. The lowest BCUT2D eigenvalue weighted by molar-refractivity contribution is -0.134. The number of benzene rings is 2. The van der Waals surface area contributed by atoms with E-state index in [1.165, 1.54) is 16.7 Å². The average molecular weight is 317 g/mol. The highest BCUT2D eigenvalue weighted by atomic mass is 16.2. The number of nitrogens with one attached hydrogen (secondary N) is 1. The van der Waals surface area contributed by atoms with Crippen LogP contribution in [0.3, 0.4) is 0 Å². The number of amides is 1. The standard InChI is InChI=1S/C20H19N3O/c24-20(10-15-12-21-22-13-15)23-14-18-9-5-4-8-17(18)11-19(23)16-6-2-1-3-7-16/h1-9,12-13,19H,10-11,14H2,(H,21,22). The maximum atomic E-state index is 12.9. The Morgan fingerprint density at radius 2 is 1.83 bits per heavy atom. The highest BCUT2D eigenvalue weighted by Crippen LogP contribution is 2.33. The number of nitrogens with zero attached hydrogens (tertiary/aromatic N) is 2. The van der Waals surface area contributed by atoms with Gasteiger partial charge in [-0.3, -0.25) is 9.89 Å². The highest BCUT2D eigenvalue weighted by Gasteiger charge is 2.30. The van der Waals surface area contributed by atoms with Crippen LogP contribution in [0, 0.1) is 0 Å². The molecule has 4 heteroatoms. The Hall–Kier alpha value is -2.88. The number of aromatic nitrogens is 2. The van der Waals surface area contributed by atoms with Crippen molar-refractivity contribution in [3.63, 3.8) is 0 Å². The van der Waals surface area contributed by atoms with E-state index in [-0.39, 0.29) is 11.9 Å². The molecule has 1 atom stereocenters. The molecule has 1 N–H and O–H groups in total. The number of aromatic amines is 1. The quantitative estimate of drug-likeness (QED) is 0.806. The third-order valence-corrected chi connectivity index (χ3v) is 4.66. The lowest BCUT2D eigenvalue weighted by Gasteiger charge is -2.37. The molecule has 0 fully saturated rings. The molecule has 1 aliphatic heterocycles. The molecule has 2 heterocycles. The van der Waals surface area contributed by atoms with Gasteiger partial charge in [-0.15, -0.1) is 0 Å². The fraction of sp³-hybridized carbons (Fsp3) is 0.200. The third kappa shape index (κ3) is 2.83. The van der Waals surface area contributed by atoms with Gasteiger partial charge in [-0.25, -0.2) is 0 Å². The number of fused-ring (bicyclic) bond motifs is 1. The predicted octanol–water partition coefficient (Wildman–Crippen LogP) is 3.28.